The zero-order valence-electron chi connectivity index (χ0n) is 8.28. The summed E-state index contributed by atoms with van der Waals surface area (Å²) in [5.74, 6) is -0.746. The molecule has 0 radical (unpaired) electrons. The molecule has 1 amide bonds. The van der Waals surface area contributed by atoms with Gasteiger partial charge in [0.25, 0.3) is 0 Å². The lowest BCUT2D eigenvalue weighted by atomic mass is 9.96. The third-order valence-corrected chi connectivity index (χ3v) is 1.98. The lowest BCUT2D eigenvalue weighted by molar-refractivity contribution is 0.0924. The van der Waals surface area contributed by atoms with Crippen LogP contribution in [0.1, 0.15) is 34.6 Å². The van der Waals surface area contributed by atoms with Gasteiger partial charge in [-0.3, -0.25) is 9.59 Å². The minimum absolute atomic E-state index is 0.0561. The average molecular weight is 191 g/mol. The molecule has 0 spiro atoms. The highest BCUT2D eigenvalue weighted by Crippen LogP contribution is 2.13. The molecule has 0 aliphatic heterocycles. The summed E-state index contributed by atoms with van der Waals surface area (Å²) in [5, 5.41) is 0. The van der Waals surface area contributed by atoms with Gasteiger partial charge >= 0.3 is 0 Å². The number of amides is 1. The molecule has 3 nitrogen and oxygen atoms in total. The predicted octanol–water partition coefficient (Wildman–Crippen LogP) is 1.62. The normalized spacial score (nSPS) is 10.2. The Morgan fingerprint density at radius 2 is 1.64 bits per heavy atom. The van der Waals surface area contributed by atoms with Crippen LogP contribution in [0, 0.1) is 5.92 Å². The topological polar surface area (TPSA) is 60.2 Å². The third kappa shape index (κ3) is 1.99. The van der Waals surface area contributed by atoms with Crippen LogP contribution in [-0.4, -0.2) is 11.7 Å². The highest BCUT2D eigenvalue weighted by atomic mass is 16.1. The van der Waals surface area contributed by atoms with Crippen molar-refractivity contribution in [3.63, 3.8) is 0 Å². The molecule has 74 valence electrons. The van der Waals surface area contributed by atoms with Crippen molar-refractivity contribution in [1.82, 2.24) is 0 Å². The van der Waals surface area contributed by atoms with E-state index in [1.54, 1.807) is 38.1 Å². The molecule has 0 saturated heterocycles. The van der Waals surface area contributed by atoms with Crippen LogP contribution in [0.4, 0.5) is 0 Å². The Hall–Kier alpha value is -1.64. The van der Waals surface area contributed by atoms with E-state index in [9.17, 15) is 9.59 Å². The number of Topliss-reactive ketones (excluding diaryl/α,β-unsaturated/α-hetero) is 1. The maximum absolute atomic E-state index is 11.7. The standard InChI is InChI=1S/C11H13NO2/c1-7(2)10(13)8-5-3-4-6-9(8)11(12)14/h3-7H,1-2H3,(H2,12,14). The van der Waals surface area contributed by atoms with Crippen molar-refractivity contribution in [3.05, 3.63) is 35.4 Å². The molecule has 3 heteroatoms. The fourth-order valence-electron chi connectivity index (χ4n) is 1.22. The summed E-state index contributed by atoms with van der Waals surface area (Å²) in [6.07, 6.45) is 0. The van der Waals surface area contributed by atoms with Crippen LogP contribution in [0.15, 0.2) is 24.3 Å². The quantitative estimate of drug-likeness (QED) is 0.738. The van der Waals surface area contributed by atoms with E-state index in [-0.39, 0.29) is 11.7 Å². The maximum Gasteiger partial charge on any atom is 0.249 e. The number of rotatable bonds is 3. The summed E-state index contributed by atoms with van der Waals surface area (Å²) in [6.45, 7) is 3.58. The van der Waals surface area contributed by atoms with Gasteiger partial charge in [0.1, 0.15) is 0 Å². The first-order chi connectivity index (χ1) is 6.54. The Balaban J connectivity index is 3.20. The molecule has 14 heavy (non-hydrogen) atoms. The SMILES string of the molecule is CC(C)C(=O)c1ccccc1C(N)=O. The van der Waals surface area contributed by atoms with Crippen molar-refractivity contribution in [1.29, 1.82) is 0 Å². The van der Waals surface area contributed by atoms with Gasteiger partial charge in [0.2, 0.25) is 5.91 Å². The molecular formula is C11H13NO2. The number of carbonyl (C=O) groups excluding carboxylic acids is 2. The summed E-state index contributed by atoms with van der Waals surface area (Å²) < 4.78 is 0. The Morgan fingerprint density at radius 3 is 2.07 bits per heavy atom. The fraction of sp³-hybridized carbons (Fsp3) is 0.273. The van der Waals surface area contributed by atoms with Crippen molar-refractivity contribution in [2.45, 2.75) is 13.8 Å². The van der Waals surface area contributed by atoms with Crippen LogP contribution >= 0.6 is 0 Å². The molecule has 0 aliphatic carbocycles. The molecule has 0 heterocycles. The van der Waals surface area contributed by atoms with Gasteiger partial charge in [-0.1, -0.05) is 32.0 Å². The molecule has 1 aromatic carbocycles. The van der Waals surface area contributed by atoms with E-state index in [0.29, 0.717) is 11.1 Å². The van der Waals surface area contributed by atoms with Crippen LogP contribution in [0.5, 0.6) is 0 Å². The molecule has 1 aromatic rings. The molecular weight excluding hydrogens is 178 g/mol. The van der Waals surface area contributed by atoms with E-state index >= 15 is 0 Å². The second-order valence-corrected chi connectivity index (χ2v) is 3.43. The first-order valence-electron chi connectivity index (χ1n) is 4.47. The summed E-state index contributed by atoms with van der Waals surface area (Å²) in [6, 6.07) is 6.61. The first kappa shape index (κ1) is 10.4. The van der Waals surface area contributed by atoms with Gasteiger partial charge in [0.05, 0.1) is 0 Å². The molecule has 1 rings (SSSR count). The highest BCUT2D eigenvalue weighted by Gasteiger charge is 2.16. The zero-order chi connectivity index (χ0) is 10.7. The number of benzene rings is 1. The van der Waals surface area contributed by atoms with Gasteiger partial charge in [0.15, 0.2) is 5.78 Å². The van der Waals surface area contributed by atoms with Crippen molar-refractivity contribution in [2.75, 3.05) is 0 Å². The summed E-state index contributed by atoms with van der Waals surface area (Å²) in [4.78, 5) is 22.7. The van der Waals surface area contributed by atoms with E-state index in [1.807, 2.05) is 0 Å². The maximum atomic E-state index is 11.7. The van der Waals surface area contributed by atoms with Crippen molar-refractivity contribution in [3.8, 4) is 0 Å². The first-order valence-corrected chi connectivity index (χ1v) is 4.47. The highest BCUT2D eigenvalue weighted by molar-refractivity contribution is 6.08. The lowest BCUT2D eigenvalue weighted by Gasteiger charge is -2.07. The Labute approximate surface area is 82.9 Å². The second-order valence-electron chi connectivity index (χ2n) is 3.43. The number of carbonyl (C=O) groups is 2. The Kier molecular flexibility index (Phi) is 3.02. The summed E-state index contributed by atoms with van der Waals surface area (Å²) >= 11 is 0. The number of nitrogens with two attached hydrogens (primary N) is 1. The lowest BCUT2D eigenvalue weighted by Crippen LogP contribution is -2.18. The molecule has 2 N–H and O–H groups in total. The summed E-state index contributed by atoms with van der Waals surface area (Å²) in [5.41, 5.74) is 5.87. The monoisotopic (exact) mass is 191 g/mol. The van der Waals surface area contributed by atoms with Gasteiger partial charge in [-0.05, 0) is 6.07 Å². The predicted molar refractivity (Wildman–Crippen MR) is 54.1 cm³/mol. The van der Waals surface area contributed by atoms with Gasteiger partial charge in [-0.15, -0.1) is 0 Å². The van der Waals surface area contributed by atoms with E-state index in [2.05, 4.69) is 0 Å². The average Bonchev–Trinajstić information content (AvgIpc) is 2.16. The van der Waals surface area contributed by atoms with Crippen molar-refractivity contribution >= 4 is 11.7 Å². The molecule has 0 unspecified atom stereocenters. The van der Waals surface area contributed by atoms with Crippen LogP contribution in [0.2, 0.25) is 0 Å². The summed E-state index contributed by atoms with van der Waals surface area (Å²) in [7, 11) is 0. The smallest absolute Gasteiger partial charge is 0.249 e. The van der Waals surface area contributed by atoms with Gasteiger partial charge < -0.3 is 5.73 Å². The van der Waals surface area contributed by atoms with Crippen LogP contribution in [-0.2, 0) is 0 Å². The van der Waals surface area contributed by atoms with E-state index < -0.39 is 5.91 Å². The van der Waals surface area contributed by atoms with Crippen LogP contribution in [0.25, 0.3) is 0 Å². The number of hydrogen-bond acceptors (Lipinski definition) is 2. The minimum Gasteiger partial charge on any atom is -0.366 e. The van der Waals surface area contributed by atoms with E-state index in [4.69, 9.17) is 5.73 Å². The third-order valence-electron chi connectivity index (χ3n) is 1.98. The molecule has 0 atom stereocenters. The molecule has 0 fully saturated rings. The zero-order valence-corrected chi connectivity index (χ0v) is 8.28. The minimum atomic E-state index is -0.561. The molecule has 0 aromatic heterocycles. The number of hydrogen-bond donors (Lipinski definition) is 1. The van der Waals surface area contributed by atoms with Crippen LogP contribution in [0.3, 0.4) is 0 Å². The van der Waals surface area contributed by atoms with Gasteiger partial charge in [-0.2, -0.15) is 0 Å². The Bertz CT molecular complexity index is 369. The van der Waals surface area contributed by atoms with Gasteiger partial charge in [0, 0.05) is 17.0 Å². The molecule has 0 bridgehead atoms. The Morgan fingerprint density at radius 1 is 1.14 bits per heavy atom. The van der Waals surface area contributed by atoms with E-state index in [1.165, 1.54) is 0 Å². The van der Waals surface area contributed by atoms with Gasteiger partial charge in [-0.25, -0.2) is 0 Å². The molecule has 0 saturated carbocycles. The van der Waals surface area contributed by atoms with Crippen molar-refractivity contribution in [2.24, 2.45) is 11.7 Å². The fourth-order valence-corrected chi connectivity index (χ4v) is 1.22. The largest absolute Gasteiger partial charge is 0.366 e. The van der Waals surface area contributed by atoms with Crippen LogP contribution < -0.4 is 5.73 Å². The molecule has 0 aliphatic rings. The number of ketones is 1. The van der Waals surface area contributed by atoms with Crippen molar-refractivity contribution < 1.29 is 9.59 Å². The van der Waals surface area contributed by atoms with E-state index in [0.717, 1.165) is 0 Å². The second kappa shape index (κ2) is 4.05. The number of primary amides is 1.